The van der Waals surface area contributed by atoms with E-state index in [0.29, 0.717) is 18.8 Å². The summed E-state index contributed by atoms with van der Waals surface area (Å²) >= 11 is 0. The van der Waals surface area contributed by atoms with Gasteiger partial charge >= 0.3 is 11.9 Å². The van der Waals surface area contributed by atoms with Crippen LogP contribution in [0.4, 0.5) is 0 Å². The zero-order valence-electron chi connectivity index (χ0n) is 22.1. The molecule has 4 heteroatoms. The summed E-state index contributed by atoms with van der Waals surface area (Å²) in [6, 6.07) is 0. The summed E-state index contributed by atoms with van der Waals surface area (Å²) in [5.41, 5.74) is 0. The average Bonchev–Trinajstić information content (AvgIpc) is 2.71. The van der Waals surface area contributed by atoms with Crippen molar-refractivity contribution in [3.8, 4) is 0 Å². The number of esters is 2. The van der Waals surface area contributed by atoms with E-state index in [-0.39, 0.29) is 24.1 Å². The first-order valence-corrected chi connectivity index (χ1v) is 13.7. The number of rotatable bonds is 22. The predicted octanol–water partition coefficient (Wildman–Crippen LogP) is 8.55. The van der Waals surface area contributed by atoms with Gasteiger partial charge in [-0.15, -0.1) is 0 Å². The van der Waals surface area contributed by atoms with Gasteiger partial charge in [0.2, 0.25) is 0 Å². The summed E-state index contributed by atoms with van der Waals surface area (Å²) in [7, 11) is 0. The second-order valence-corrected chi connectivity index (χ2v) is 10.0. The third kappa shape index (κ3) is 22.1. The SMILES string of the molecule is CCC(CCCCCCCCCCCCCCCCC(=O)OC(C)C)CC(=O)OC(C)C. The predicted molar refractivity (Wildman–Crippen MR) is 135 cm³/mol. The molecule has 1 unspecified atom stereocenters. The molecule has 0 saturated heterocycles. The zero-order valence-corrected chi connectivity index (χ0v) is 22.1. The quantitative estimate of drug-likeness (QED) is 0.121. The highest BCUT2D eigenvalue weighted by atomic mass is 16.5. The van der Waals surface area contributed by atoms with E-state index in [4.69, 9.17) is 9.47 Å². The number of hydrogen-bond donors (Lipinski definition) is 0. The van der Waals surface area contributed by atoms with E-state index < -0.39 is 0 Å². The third-order valence-corrected chi connectivity index (χ3v) is 6.01. The topological polar surface area (TPSA) is 52.6 Å². The molecule has 0 aromatic heterocycles. The van der Waals surface area contributed by atoms with Crippen LogP contribution in [0.25, 0.3) is 0 Å². The van der Waals surface area contributed by atoms with Crippen molar-refractivity contribution >= 4 is 11.9 Å². The largest absolute Gasteiger partial charge is 0.463 e. The zero-order chi connectivity index (χ0) is 24.0. The Hall–Kier alpha value is -1.06. The summed E-state index contributed by atoms with van der Waals surface area (Å²) in [5, 5.41) is 0. The van der Waals surface area contributed by atoms with Gasteiger partial charge in [-0.25, -0.2) is 0 Å². The molecule has 0 spiro atoms. The fourth-order valence-corrected chi connectivity index (χ4v) is 4.14. The Labute approximate surface area is 199 Å². The van der Waals surface area contributed by atoms with Crippen LogP contribution in [0.5, 0.6) is 0 Å². The molecule has 0 fully saturated rings. The Morgan fingerprint density at radius 1 is 0.562 bits per heavy atom. The molecule has 0 saturated carbocycles. The van der Waals surface area contributed by atoms with E-state index in [1.54, 1.807) is 0 Å². The molecule has 0 aliphatic carbocycles. The van der Waals surface area contributed by atoms with E-state index >= 15 is 0 Å². The first kappa shape index (κ1) is 30.9. The van der Waals surface area contributed by atoms with Crippen molar-refractivity contribution in [2.45, 2.75) is 162 Å². The second kappa shape index (κ2) is 21.8. The van der Waals surface area contributed by atoms with E-state index in [1.807, 2.05) is 27.7 Å². The van der Waals surface area contributed by atoms with Crippen LogP contribution in [-0.2, 0) is 19.1 Å². The van der Waals surface area contributed by atoms with Gasteiger partial charge in [0, 0.05) is 12.8 Å². The van der Waals surface area contributed by atoms with Gasteiger partial charge < -0.3 is 9.47 Å². The molecule has 0 N–H and O–H groups in total. The molecule has 190 valence electrons. The molecule has 0 radical (unpaired) electrons. The van der Waals surface area contributed by atoms with Crippen LogP contribution in [0.2, 0.25) is 0 Å². The number of carbonyl (C=O) groups is 2. The van der Waals surface area contributed by atoms with Crippen molar-refractivity contribution < 1.29 is 19.1 Å². The highest BCUT2D eigenvalue weighted by Crippen LogP contribution is 2.20. The van der Waals surface area contributed by atoms with Crippen molar-refractivity contribution in [1.82, 2.24) is 0 Å². The Bertz CT molecular complexity index is 445. The molecule has 4 nitrogen and oxygen atoms in total. The van der Waals surface area contributed by atoms with Crippen molar-refractivity contribution in [3.05, 3.63) is 0 Å². The number of carbonyl (C=O) groups excluding carboxylic acids is 2. The Balaban J connectivity index is 3.34. The highest BCUT2D eigenvalue weighted by Gasteiger charge is 2.14. The van der Waals surface area contributed by atoms with Gasteiger partial charge in [-0.05, 0) is 46.5 Å². The number of unbranched alkanes of at least 4 members (excludes halogenated alkanes) is 13. The maximum Gasteiger partial charge on any atom is 0.306 e. The lowest BCUT2D eigenvalue weighted by atomic mass is 9.95. The number of hydrogen-bond acceptors (Lipinski definition) is 4. The average molecular weight is 455 g/mol. The van der Waals surface area contributed by atoms with Crippen molar-refractivity contribution in [1.29, 1.82) is 0 Å². The summed E-state index contributed by atoms with van der Waals surface area (Å²) in [6.07, 6.45) is 21.4. The summed E-state index contributed by atoms with van der Waals surface area (Å²) in [4.78, 5) is 23.3. The first-order valence-electron chi connectivity index (χ1n) is 13.7. The Morgan fingerprint density at radius 2 is 0.938 bits per heavy atom. The molecular formula is C28H54O4. The van der Waals surface area contributed by atoms with E-state index in [9.17, 15) is 9.59 Å². The summed E-state index contributed by atoms with van der Waals surface area (Å²) in [5.74, 6) is 0.409. The lowest BCUT2D eigenvalue weighted by molar-refractivity contribution is -0.149. The fraction of sp³-hybridized carbons (Fsp3) is 0.929. The Kier molecular flexibility index (Phi) is 21.0. The van der Waals surface area contributed by atoms with Crippen LogP contribution in [0.3, 0.4) is 0 Å². The van der Waals surface area contributed by atoms with Gasteiger partial charge in [0.15, 0.2) is 0 Å². The van der Waals surface area contributed by atoms with Crippen LogP contribution >= 0.6 is 0 Å². The maximum atomic E-state index is 11.8. The molecule has 0 bridgehead atoms. The Morgan fingerprint density at radius 3 is 1.34 bits per heavy atom. The molecule has 0 aliphatic heterocycles. The van der Waals surface area contributed by atoms with Crippen LogP contribution in [0, 0.1) is 5.92 Å². The second-order valence-electron chi connectivity index (χ2n) is 10.0. The normalized spacial score (nSPS) is 12.3. The van der Waals surface area contributed by atoms with Gasteiger partial charge in [-0.1, -0.05) is 96.8 Å². The van der Waals surface area contributed by atoms with E-state index in [2.05, 4.69) is 6.92 Å². The molecule has 0 aromatic rings. The maximum absolute atomic E-state index is 11.8. The van der Waals surface area contributed by atoms with Gasteiger partial charge in [0.25, 0.3) is 0 Å². The molecule has 0 rings (SSSR count). The molecule has 0 aliphatic rings. The highest BCUT2D eigenvalue weighted by molar-refractivity contribution is 5.70. The third-order valence-electron chi connectivity index (χ3n) is 6.01. The van der Waals surface area contributed by atoms with E-state index in [1.165, 1.54) is 77.0 Å². The van der Waals surface area contributed by atoms with Gasteiger partial charge in [0.1, 0.15) is 0 Å². The lowest BCUT2D eigenvalue weighted by Gasteiger charge is -2.15. The first-order chi connectivity index (χ1) is 15.3. The number of ether oxygens (including phenoxy) is 2. The van der Waals surface area contributed by atoms with Crippen LogP contribution in [0.15, 0.2) is 0 Å². The fourth-order valence-electron chi connectivity index (χ4n) is 4.14. The molecule has 0 amide bonds. The van der Waals surface area contributed by atoms with Crippen molar-refractivity contribution in [2.24, 2.45) is 5.92 Å². The van der Waals surface area contributed by atoms with Crippen LogP contribution in [0.1, 0.15) is 150 Å². The summed E-state index contributed by atoms with van der Waals surface area (Å²) in [6.45, 7) is 9.81. The smallest absolute Gasteiger partial charge is 0.306 e. The molecule has 32 heavy (non-hydrogen) atoms. The minimum absolute atomic E-state index is 0.00162. The molecular weight excluding hydrogens is 400 g/mol. The molecule has 0 heterocycles. The van der Waals surface area contributed by atoms with Crippen LogP contribution in [-0.4, -0.2) is 24.1 Å². The lowest BCUT2D eigenvalue weighted by Crippen LogP contribution is -2.15. The molecule has 1 atom stereocenters. The van der Waals surface area contributed by atoms with E-state index in [0.717, 1.165) is 25.7 Å². The molecule has 0 aromatic carbocycles. The van der Waals surface area contributed by atoms with Gasteiger partial charge in [-0.3, -0.25) is 9.59 Å². The summed E-state index contributed by atoms with van der Waals surface area (Å²) < 4.78 is 10.4. The van der Waals surface area contributed by atoms with Crippen LogP contribution < -0.4 is 0 Å². The van der Waals surface area contributed by atoms with Crippen molar-refractivity contribution in [2.75, 3.05) is 0 Å². The van der Waals surface area contributed by atoms with Crippen molar-refractivity contribution in [3.63, 3.8) is 0 Å². The monoisotopic (exact) mass is 454 g/mol. The minimum Gasteiger partial charge on any atom is -0.463 e. The van der Waals surface area contributed by atoms with Gasteiger partial charge in [-0.2, -0.15) is 0 Å². The minimum atomic E-state index is -0.0474. The van der Waals surface area contributed by atoms with Gasteiger partial charge in [0.05, 0.1) is 12.2 Å². The standard InChI is InChI=1S/C28H54O4/c1-6-26(23-28(30)32-25(4)5)21-19-17-15-13-11-9-7-8-10-12-14-16-18-20-22-27(29)31-24(2)3/h24-26H,6-23H2,1-5H3.